The number of nitrogens with zero attached hydrogens (tertiary/aromatic N) is 1. The first-order valence-electron chi connectivity index (χ1n) is 7.90. The summed E-state index contributed by atoms with van der Waals surface area (Å²) in [7, 11) is -3.65. The van der Waals surface area contributed by atoms with Crippen molar-refractivity contribution in [3.05, 3.63) is 54.1 Å². The second-order valence-electron chi connectivity index (χ2n) is 5.46. The molecule has 2 N–H and O–H groups in total. The van der Waals surface area contributed by atoms with Crippen LogP contribution in [0.2, 0.25) is 0 Å². The van der Waals surface area contributed by atoms with E-state index in [9.17, 15) is 13.2 Å². The maximum atomic E-state index is 12.2. The molecule has 0 unspecified atom stereocenters. The smallest absolute Gasteiger partial charge is 0.303 e. The molecule has 2 rings (SSSR count). The number of ether oxygens (including phenoxy) is 1. The zero-order valence-electron chi connectivity index (χ0n) is 13.9. The maximum Gasteiger partial charge on any atom is 0.303 e. The van der Waals surface area contributed by atoms with Crippen LogP contribution in [0.3, 0.4) is 0 Å². The van der Waals surface area contributed by atoms with Gasteiger partial charge in [0.15, 0.2) is 0 Å². The fourth-order valence-corrected chi connectivity index (χ4v) is 3.19. The van der Waals surface area contributed by atoms with Crippen LogP contribution >= 0.6 is 0 Å². The van der Waals surface area contributed by atoms with Crippen LogP contribution in [0.15, 0.2) is 53.4 Å². The van der Waals surface area contributed by atoms with E-state index in [1.165, 1.54) is 24.3 Å². The van der Waals surface area contributed by atoms with Crippen LogP contribution in [-0.2, 0) is 14.8 Å². The van der Waals surface area contributed by atoms with Crippen LogP contribution in [-0.4, -0.2) is 26.0 Å². The Balaban J connectivity index is 1.92. The second-order valence-corrected chi connectivity index (χ2v) is 7.23. The molecule has 0 aliphatic carbocycles. The highest BCUT2D eigenvalue weighted by molar-refractivity contribution is 7.89. The summed E-state index contributed by atoms with van der Waals surface area (Å²) in [5.74, 6) is 0.108. The van der Waals surface area contributed by atoms with E-state index in [1.54, 1.807) is 24.3 Å². The summed E-state index contributed by atoms with van der Waals surface area (Å²) in [6.07, 6.45) is 0.879. The molecular weight excluding hydrogens is 356 g/mol. The summed E-state index contributed by atoms with van der Waals surface area (Å²) in [6, 6.07) is 14.5. The third-order valence-electron chi connectivity index (χ3n) is 3.46. The Bertz CT molecular complexity index is 885. The van der Waals surface area contributed by atoms with Crippen molar-refractivity contribution in [3.8, 4) is 17.6 Å². The van der Waals surface area contributed by atoms with E-state index in [0.29, 0.717) is 29.9 Å². The van der Waals surface area contributed by atoms with E-state index in [0.717, 1.165) is 0 Å². The van der Waals surface area contributed by atoms with Gasteiger partial charge >= 0.3 is 5.97 Å². The van der Waals surface area contributed by atoms with E-state index in [2.05, 4.69) is 4.72 Å². The Kier molecular flexibility index (Phi) is 6.72. The minimum Gasteiger partial charge on any atom is -0.481 e. The van der Waals surface area contributed by atoms with Gasteiger partial charge in [-0.3, -0.25) is 4.79 Å². The first-order valence-corrected chi connectivity index (χ1v) is 9.38. The molecule has 0 heterocycles. The topological polar surface area (TPSA) is 116 Å². The van der Waals surface area contributed by atoms with Crippen LogP contribution in [0.25, 0.3) is 0 Å². The van der Waals surface area contributed by atoms with Gasteiger partial charge in [-0.15, -0.1) is 0 Å². The molecule has 0 bridgehead atoms. The fourth-order valence-electron chi connectivity index (χ4n) is 2.11. The lowest BCUT2D eigenvalue weighted by atomic mass is 10.2. The van der Waals surface area contributed by atoms with Gasteiger partial charge < -0.3 is 9.84 Å². The molecule has 136 valence electrons. The lowest BCUT2D eigenvalue weighted by Crippen LogP contribution is -2.24. The van der Waals surface area contributed by atoms with Crippen molar-refractivity contribution in [2.24, 2.45) is 0 Å². The van der Waals surface area contributed by atoms with Gasteiger partial charge in [0.2, 0.25) is 10.0 Å². The van der Waals surface area contributed by atoms with Crippen LogP contribution in [0.1, 0.15) is 24.8 Å². The molecule has 2 aromatic rings. The number of benzene rings is 2. The summed E-state index contributed by atoms with van der Waals surface area (Å²) < 4.78 is 32.4. The molecule has 0 saturated heterocycles. The molecule has 0 fully saturated rings. The standard InChI is InChI=1S/C18H18N2O5S/c19-13-14-4-6-15(7-5-14)25-16-8-10-17(11-9-16)26(23,24)20-12-2-1-3-18(21)22/h4-11,20H,1-3,12H2,(H,21,22). The second kappa shape index (κ2) is 8.99. The highest BCUT2D eigenvalue weighted by Gasteiger charge is 2.13. The molecule has 2 aromatic carbocycles. The van der Waals surface area contributed by atoms with Crippen molar-refractivity contribution in [1.82, 2.24) is 4.72 Å². The van der Waals surface area contributed by atoms with Gasteiger partial charge in [-0.25, -0.2) is 13.1 Å². The minimum atomic E-state index is -3.65. The van der Waals surface area contributed by atoms with Crippen molar-refractivity contribution >= 4 is 16.0 Å². The van der Waals surface area contributed by atoms with Gasteiger partial charge in [0.1, 0.15) is 11.5 Å². The number of carbonyl (C=O) groups is 1. The number of aliphatic carboxylic acids is 1. The van der Waals surface area contributed by atoms with Gasteiger partial charge in [-0.05, 0) is 61.4 Å². The fraction of sp³-hybridized carbons (Fsp3) is 0.222. The number of sulfonamides is 1. The van der Waals surface area contributed by atoms with Gasteiger partial charge in [0, 0.05) is 13.0 Å². The average Bonchev–Trinajstić information content (AvgIpc) is 2.62. The Morgan fingerprint density at radius 1 is 1.04 bits per heavy atom. The molecule has 7 nitrogen and oxygen atoms in total. The molecule has 0 amide bonds. The molecule has 0 aromatic heterocycles. The summed E-state index contributed by atoms with van der Waals surface area (Å²) in [5, 5.41) is 17.3. The molecule has 0 spiro atoms. The molecule has 8 heteroatoms. The number of carboxylic acid groups (broad SMARTS) is 1. The predicted molar refractivity (Wildman–Crippen MR) is 94.3 cm³/mol. The third-order valence-corrected chi connectivity index (χ3v) is 4.94. The summed E-state index contributed by atoms with van der Waals surface area (Å²) >= 11 is 0. The normalized spacial score (nSPS) is 10.9. The first kappa shape index (κ1) is 19.4. The molecular formula is C18H18N2O5S. The Morgan fingerprint density at radius 3 is 2.15 bits per heavy atom. The first-order chi connectivity index (χ1) is 12.4. The van der Waals surface area contributed by atoms with E-state index in [-0.39, 0.29) is 17.9 Å². The number of unbranched alkanes of at least 4 members (excludes halogenated alkanes) is 1. The van der Waals surface area contributed by atoms with Crippen molar-refractivity contribution in [2.45, 2.75) is 24.2 Å². The van der Waals surface area contributed by atoms with E-state index >= 15 is 0 Å². The zero-order chi connectivity index (χ0) is 19.0. The molecule has 0 radical (unpaired) electrons. The van der Waals surface area contributed by atoms with Gasteiger partial charge in [-0.1, -0.05) is 0 Å². The molecule has 0 aliphatic rings. The number of nitrogens with one attached hydrogen (secondary N) is 1. The quantitative estimate of drug-likeness (QED) is 0.652. The Labute approximate surface area is 151 Å². The van der Waals surface area contributed by atoms with E-state index in [4.69, 9.17) is 15.1 Å². The lowest BCUT2D eigenvalue weighted by molar-refractivity contribution is -0.137. The average molecular weight is 374 g/mol. The van der Waals surface area contributed by atoms with Crippen LogP contribution in [0.4, 0.5) is 0 Å². The predicted octanol–water partition coefficient (Wildman–Crippen LogP) is 2.88. The third kappa shape index (κ3) is 5.88. The Morgan fingerprint density at radius 2 is 1.62 bits per heavy atom. The van der Waals surface area contributed by atoms with Crippen molar-refractivity contribution in [2.75, 3.05) is 6.54 Å². The maximum absolute atomic E-state index is 12.2. The van der Waals surface area contributed by atoms with Gasteiger partial charge in [-0.2, -0.15) is 5.26 Å². The van der Waals surface area contributed by atoms with Gasteiger partial charge in [0.25, 0.3) is 0 Å². The van der Waals surface area contributed by atoms with Gasteiger partial charge in [0.05, 0.1) is 16.5 Å². The Hall–Kier alpha value is -2.89. The number of carboxylic acids is 1. The SMILES string of the molecule is N#Cc1ccc(Oc2ccc(S(=O)(=O)NCCCCC(=O)O)cc2)cc1. The van der Waals surface area contributed by atoms with Crippen LogP contribution in [0, 0.1) is 11.3 Å². The van der Waals surface area contributed by atoms with Crippen LogP contribution < -0.4 is 9.46 Å². The van der Waals surface area contributed by atoms with Crippen molar-refractivity contribution < 1.29 is 23.1 Å². The molecule has 0 atom stereocenters. The summed E-state index contributed by atoms with van der Waals surface area (Å²) in [5.41, 5.74) is 0.522. The van der Waals surface area contributed by atoms with E-state index in [1.807, 2.05) is 6.07 Å². The molecule has 0 aliphatic heterocycles. The highest BCUT2D eigenvalue weighted by atomic mass is 32.2. The number of rotatable bonds is 9. The van der Waals surface area contributed by atoms with Crippen molar-refractivity contribution in [1.29, 1.82) is 5.26 Å². The number of nitriles is 1. The lowest BCUT2D eigenvalue weighted by Gasteiger charge is -2.09. The van der Waals surface area contributed by atoms with E-state index < -0.39 is 16.0 Å². The van der Waals surface area contributed by atoms with Crippen molar-refractivity contribution in [3.63, 3.8) is 0 Å². The zero-order valence-corrected chi connectivity index (χ0v) is 14.7. The summed E-state index contributed by atoms with van der Waals surface area (Å²) in [4.78, 5) is 10.5. The minimum absolute atomic E-state index is 0.0170. The molecule has 26 heavy (non-hydrogen) atoms. The largest absolute Gasteiger partial charge is 0.481 e. The number of hydrogen-bond acceptors (Lipinski definition) is 5. The molecule has 0 saturated carbocycles. The number of hydrogen-bond donors (Lipinski definition) is 2. The van der Waals surface area contributed by atoms with Crippen LogP contribution in [0.5, 0.6) is 11.5 Å². The summed E-state index contributed by atoms with van der Waals surface area (Å²) in [6.45, 7) is 0.180. The highest BCUT2D eigenvalue weighted by Crippen LogP contribution is 2.23. The monoisotopic (exact) mass is 374 g/mol.